The van der Waals surface area contributed by atoms with Gasteiger partial charge in [0.2, 0.25) is 5.91 Å². The Kier molecular flexibility index (Phi) is 6.76. The molecule has 2 aliphatic heterocycles. The maximum atomic E-state index is 12.5. The molecule has 2 saturated heterocycles. The number of carbonyl (C=O) groups is 2. The molecule has 1 aromatic rings. The van der Waals surface area contributed by atoms with E-state index in [0.717, 1.165) is 39.1 Å². The fraction of sp³-hybridized carbons (Fsp3) is 0.652. The van der Waals surface area contributed by atoms with E-state index in [-0.39, 0.29) is 30.1 Å². The maximum Gasteiger partial charge on any atom is 0.306 e. The van der Waals surface area contributed by atoms with Gasteiger partial charge in [0.25, 0.3) is 0 Å². The highest BCUT2D eigenvalue weighted by molar-refractivity contribution is 5.81. The molecule has 0 radical (unpaired) electrons. The number of hydrogen-bond acceptors (Lipinski definition) is 4. The molecule has 1 spiro atoms. The van der Waals surface area contributed by atoms with Crippen molar-refractivity contribution in [3.8, 4) is 0 Å². The van der Waals surface area contributed by atoms with Gasteiger partial charge in [0.15, 0.2) is 0 Å². The van der Waals surface area contributed by atoms with Crippen molar-refractivity contribution in [3.05, 3.63) is 35.4 Å². The molecule has 3 rings (SSSR count). The van der Waals surface area contributed by atoms with E-state index in [2.05, 4.69) is 47.7 Å². The molecular formula is C23H34N2O3. The summed E-state index contributed by atoms with van der Waals surface area (Å²) in [5, 5.41) is 0. The predicted molar refractivity (Wildman–Crippen MR) is 110 cm³/mol. The van der Waals surface area contributed by atoms with Crippen molar-refractivity contribution >= 4 is 11.9 Å². The third-order valence-corrected chi connectivity index (χ3v) is 6.35. The van der Waals surface area contributed by atoms with Gasteiger partial charge in [0, 0.05) is 38.0 Å². The van der Waals surface area contributed by atoms with Crippen molar-refractivity contribution in [2.45, 2.75) is 58.4 Å². The number of rotatable bonds is 6. The fourth-order valence-corrected chi connectivity index (χ4v) is 4.66. The Balaban J connectivity index is 1.54. The lowest BCUT2D eigenvalue weighted by molar-refractivity contribution is -0.143. The fourth-order valence-electron chi connectivity index (χ4n) is 4.66. The molecule has 5 nitrogen and oxygen atoms in total. The second-order valence-electron chi connectivity index (χ2n) is 8.85. The van der Waals surface area contributed by atoms with E-state index in [1.807, 2.05) is 4.90 Å². The van der Waals surface area contributed by atoms with E-state index in [1.165, 1.54) is 31.1 Å². The Bertz CT molecular complexity index is 686. The van der Waals surface area contributed by atoms with Crippen molar-refractivity contribution in [2.75, 3.05) is 33.3 Å². The van der Waals surface area contributed by atoms with Gasteiger partial charge in [-0.05, 0) is 42.9 Å². The van der Waals surface area contributed by atoms with Crippen LogP contribution in [-0.2, 0) is 20.9 Å². The standard InChI is InChI=1S/C23H34N2O3/c1-18(2)20-7-5-19(6-8-20)15-24-13-4-11-23(16-24)12-14-25(17-23)21(26)9-10-22(27)28-3/h5-8,18H,4,9-17H2,1-3H3. The van der Waals surface area contributed by atoms with Gasteiger partial charge >= 0.3 is 5.97 Å². The normalized spacial score (nSPS) is 22.8. The van der Waals surface area contributed by atoms with Crippen molar-refractivity contribution in [1.82, 2.24) is 9.80 Å². The van der Waals surface area contributed by atoms with Crippen LogP contribution in [0.15, 0.2) is 24.3 Å². The first-order valence-corrected chi connectivity index (χ1v) is 10.6. The van der Waals surface area contributed by atoms with Gasteiger partial charge < -0.3 is 9.64 Å². The van der Waals surface area contributed by atoms with E-state index >= 15 is 0 Å². The number of nitrogens with zero attached hydrogens (tertiary/aromatic N) is 2. The van der Waals surface area contributed by atoms with Gasteiger partial charge in [-0.15, -0.1) is 0 Å². The highest BCUT2D eigenvalue weighted by Gasteiger charge is 2.42. The zero-order valence-electron chi connectivity index (χ0n) is 17.6. The zero-order valence-corrected chi connectivity index (χ0v) is 17.6. The predicted octanol–water partition coefficient (Wildman–Crippen LogP) is 3.58. The molecule has 2 fully saturated rings. The van der Waals surface area contributed by atoms with Crippen LogP contribution in [0.3, 0.4) is 0 Å². The SMILES string of the molecule is COC(=O)CCC(=O)N1CCC2(CCCN(Cc3ccc(C(C)C)cc3)C2)C1. The second-order valence-corrected chi connectivity index (χ2v) is 8.85. The minimum absolute atomic E-state index is 0.0867. The van der Waals surface area contributed by atoms with Crippen molar-refractivity contribution in [1.29, 1.82) is 0 Å². The summed E-state index contributed by atoms with van der Waals surface area (Å²) in [5.41, 5.74) is 2.97. The number of benzene rings is 1. The highest BCUT2D eigenvalue weighted by Crippen LogP contribution is 2.39. The van der Waals surface area contributed by atoms with Crippen LogP contribution in [0.25, 0.3) is 0 Å². The molecule has 5 heteroatoms. The Hall–Kier alpha value is -1.88. The quantitative estimate of drug-likeness (QED) is 0.701. The van der Waals surface area contributed by atoms with Gasteiger partial charge in [-0.3, -0.25) is 14.5 Å². The smallest absolute Gasteiger partial charge is 0.306 e. The van der Waals surface area contributed by atoms with E-state index in [0.29, 0.717) is 5.92 Å². The molecule has 0 aromatic heterocycles. The van der Waals surface area contributed by atoms with E-state index < -0.39 is 0 Å². The molecule has 2 heterocycles. The van der Waals surface area contributed by atoms with Crippen LogP contribution in [0.4, 0.5) is 0 Å². The van der Waals surface area contributed by atoms with E-state index in [9.17, 15) is 9.59 Å². The van der Waals surface area contributed by atoms with Crippen LogP contribution in [0.5, 0.6) is 0 Å². The van der Waals surface area contributed by atoms with E-state index in [1.54, 1.807) is 0 Å². The van der Waals surface area contributed by atoms with Crippen molar-refractivity contribution in [2.24, 2.45) is 5.41 Å². The Morgan fingerprint density at radius 3 is 2.50 bits per heavy atom. The first kappa shape index (κ1) is 20.8. The largest absolute Gasteiger partial charge is 0.469 e. The third kappa shape index (κ3) is 5.13. The molecule has 1 unspecified atom stereocenters. The summed E-state index contributed by atoms with van der Waals surface area (Å²) < 4.78 is 4.65. The summed E-state index contributed by atoms with van der Waals surface area (Å²) in [6.07, 6.45) is 3.89. The summed E-state index contributed by atoms with van der Waals surface area (Å²) in [6, 6.07) is 9.01. The number of esters is 1. The Morgan fingerprint density at radius 1 is 1.07 bits per heavy atom. The average Bonchev–Trinajstić information content (AvgIpc) is 3.09. The van der Waals surface area contributed by atoms with Gasteiger partial charge in [0.05, 0.1) is 13.5 Å². The van der Waals surface area contributed by atoms with Crippen LogP contribution in [0.2, 0.25) is 0 Å². The number of hydrogen-bond donors (Lipinski definition) is 0. The highest BCUT2D eigenvalue weighted by atomic mass is 16.5. The Morgan fingerprint density at radius 2 is 1.82 bits per heavy atom. The number of carbonyl (C=O) groups excluding carboxylic acids is 2. The number of ether oxygens (including phenoxy) is 1. The van der Waals surface area contributed by atoms with Crippen LogP contribution in [0, 0.1) is 5.41 Å². The van der Waals surface area contributed by atoms with Crippen LogP contribution < -0.4 is 0 Å². The van der Waals surface area contributed by atoms with Crippen LogP contribution >= 0.6 is 0 Å². The van der Waals surface area contributed by atoms with Crippen LogP contribution in [-0.4, -0.2) is 55.0 Å². The molecule has 28 heavy (non-hydrogen) atoms. The Labute approximate surface area is 169 Å². The summed E-state index contributed by atoms with van der Waals surface area (Å²) in [4.78, 5) is 28.3. The third-order valence-electron chi connectivity index (χ3n) is 6.35. The molecule has 0 saturated carbocycles. The number of methoxy groups -OCH3 is 1. The van der Waals surface area contributed by atoms with Gasteiger partial charge in [-0.1, -0.05) is 38.1 Å². The summed E-state index contributed by atoms with van der Waals surface area (Å²) in [7, 11) is 1.37. The first-order chi connectivity index (χ1) is 13.4. The minimum atomic E-state index is -0.311. The van der Waals surface area contributed by atoms with Gasteiger partial charge in [0.1, 0.15) is 0 Å². The van der Waals surface area contributed by atoms with Crippen LogP contribution in [0.1, 0.15) is 63.0 Å². The molecule has 0 N–H and O–H groups in total. The maximum absolute atomic E-state index is 12.5. The average molecular weight is 387 g/mol. The molecule has 1 atom stereocenters. The first-order valence-electron chi connectivity index (χ1n) is 10.6. The van der Waals surface area contributed by atoms with Gasteiger partial charge in [-0.25, -0.2) is 0 Å². The lowest BCUT2D eigenvalue weighted by atomic mass is 9.79. The monoisotopic (exact) mass is 386 g/mol. The molecule has 1 aromatic carbocycles. The number of piperidine rings is 1. The lowest BCUT2D eigenvalue weighted by Crippen LogP contribution is -2.45. The minimum Gasteiger partial charge on any atom is -0.469 e. The topological polar surface area (TPSA) is 49.9 Å². The van der Waals surface area contributed by atoms with E-state index in [4.69, 9.17) is 0 Å². The molecule has 2 aliphatic rings. The molecular weight excluding hydrogens is 352 g/mol. The second kappa shape index (κ2) is 9.08. The number of amides is 1. The molecule has 0 aliphatic carbocycles. The molecule has 1 amide bonds. The van der Waals surface area contributed by atoms with Crippen molar-refractivity contribution < 1.29 is 14.3 Å². The zero-order chi connectivity index (χ0) is 20.1. The summed E-state index contributed by atoms with van der Waals surface area (Å²) >= 11 is 0. The molecule has 0 bridgehead atoms. The van der Waals surface area contributed by atoms with Crippen molar-refractivity contribution in [3.63, 3.8) is 0 Å². The summed E-state index contributed by atoms with van der Waals surface area (Å²) in [6.45, 7) is 9.26. The number of likely N-dealkylation sites (tertiary alicyclic amines) is 2. The molecule has 154 valence electrons. The van der Waals surface area contributed by atoms with Gasteiger partial charge in [-0.2, -0.15) is 0 Å². The lowest BCUT2D eigenvalue weighted by Gasteiger charge is -2.40. The summed E-state index contributed by atoms with van der Waals surface area (Å²) in [5.74, 6) is 0.340.